The van der Waals surface area contributed by atoms with Crippen LogP contribution in [-0.4, -0.2) is 39.3 Å². The summed E-state index contributed by atoms with van der Waals surface area (Å²) in [5.74, 6) is 0.463. The van der Waals surface area contributed by atoms with Crippen molar-refractivity contribution in [1.29, 1.82) is 0 Å². The summed E-state index contributed by atoms with van der Waals surface area (Å²) in [6, 6.07) is 16.3. The largest absolute Gasteiger partial charge is 0.497 e. The van der Waals surface area contributed by atoms with Gasteiger partial charge in [-0.15, -0.1) is 10.2 Å². The molecule has 0 aliphatic rings. The zero-order valence-corrected chi connectivity index (χ0v) is 19.3. The fraction of sp³-hybridized carbons (Fsp3) is 0.167. The third-order valence-electron chi connectivity index (χ3n) is 5.10. The minimum absolute atomic E-state index is 0.145. The molecule has 0 aliphatic heterocycles. The quantitative estimate of drug-likeness (QED) is 0.398. The molecule has 2 N–H and O–H groups in total. The van der Waals surface area contributed by atoms with Gasteiger partial charge >= 0.3 is 0 Å². The lowest BCUT2D eigenvalue weighted by atomic mass is 10.1. The predicted octanol–water partition coefficient (Wildman–Crippen LogP) is 4.34. The first-order valence-electron chi connectivity index (χ1n) is 10.2. The number of hydrogen-bond donors (Lipinski definition) is 2. The van der Waals surface area contributed by atoms with Crippen LogP contribution < -0.4 is 15.4 Å². The summed E-state index contributed by atoms with van der Waals surface area (Å²) in [4.78, 5) is 25.1. The fourth-order valence-corrected chi connectivity index (χ4v) is 3.84. The summed E-state index contributed by atoms with van der Waals surface area (Å²) in [5, 5.41) is 14.5. The molecular formula is C24H23N5O3S. The van der Waals surface area contributed by atoms with Gasteiger partial charge in [0.15, 0.2) is 10.8 Å². The molecule has 0 radical (unpaired) electrons. The van der Waals surface area contributed by atoms with Gasteiger partial charge in [-0.25, -0.2) is 0 Å². The lowest BCUT2D eigenvalue weighted by Crippen LogP contribution is -2.14. The Morgan fingerprint density at radius 1 is 0.939 bits per heavy atom. The van der Waals surface area contributed by atoms with E-state index >= 15 is 0 Å². The van der Waals surface area contributed by atoms with Crippen molar-refractivity contribution in [3.8, 4) is 5.75 Å². The van der Waals surface area contributed by atoms with Crippen molar-refractivity contribution in [2.75, 3.05) is 23.5 Å². The number of ether oxygens (including phenoxy) is 1. The molecule has 2 amide bonds. The van der Waals surface area contributed by atoms with E-state index in [1.165, 1.54) is 17.3 Å². The van der Waals surface area contributed by atoms with Crippen LogP contribution >= 0.6 is 11.8 Å². The maximum atomic E-state index is 12.7. The van der Waals surface area contributed by atoms with Gasteiger partial charge in [0.25, 0.3) is 5.91 Å². The van der Waals surface area contributed by atoms with E-state index in [9.17, 15) is 9.59 Å². The molecule has 2 aromatic heterocycles. The molecular weight excluding hydrogens is 438 g/mol. The lowest BCUT2D eigenvalue weighted by molar-refractivity contribution is -0.113. The molecule has 0 atom stereocenters. The van der Waals surface area contributed by atoms with E-state index < -0.39 is 0 Å². The number of nitrogens with zero attached hydrogens (tertiary/aromatic N) is 3. The number of carbonyl (C=O) groups is 2. The van der Waals surface area contributed by atoms with Crippen molar-refractivity contribution in [2.24, 2.45) is 0 Å². The van der Waals surface area contributed by atoms with Gasteiger partial charge in [-0.2, -0.15) is 0 Å². The number of carbonyl (C=O) groups excluding carboxylic acids is 2. The first kappa shape index (κ1) is 22.3. The molecule has 0 fully saturated rings. The molecule has 168 valence electrons. The molecule has 0 saturated carbocycles. The van der Waals surface area contributed by atoms with Gasteiger partial charge in [-0.05, 0) is 73.5 Å². The zero-order chi connectivity index (χ0) is 23.4. The van der Waals surface area contributed by atoms with Crippen molar-refractivity contribution in [2.45, 2.75) is 19.0 Å². The molecule has 2 heterocycles. The van der Waals surface area contributed by atoms with Crippen LogP contribution in [0, 0.1) is 13.8 Å². The standard InChI is InChI=1S/C24H23N5O3S/c1-15-4-6-19(12-16(15)2)25-22(30)14-33-24-28-27-21-11-5-17(13-29(21)24)23(31)26-18-7-9-20(32-3)10-8-18/h4-13H,14H2,1-3H3,(H,25,30)(H,26,31). The number of hydrogen-bond acceptors (Lipinski definition) is 6. The molecule has 0 spiro atoms. The molecule has 2 aromatic carbocycles. The van der Waals surface area contributed by atoms with Crippen molar-refractivity contribution in [3.05, 3.63) is 77.5 Å². The second kappa shape index (κ2) is 9.74. The first-order valence-corrected chi connectivity index (χ1v) is 11.2. The van der Waals surface area contributed by atoms with Crippen LogP contribution in [0.2, 0.25) is 0 Å². The number of thioether (sulfide) groups is 1. The molecule has 9 heteroatoms. The van der Waals surface area contributed by atoms with Crippen molar-refractivity contribution in [3.63, 3.8) is 0 Å². The smallest absolute Gasteiger partial charge is 0.257 e. The monoisotopic (exact) mass is 461 g/mol. The van der Waals surface area contributed by atoms with Gasteiger partial charge in [-0.1, -0.05) is 17.8 Å². The molecule has 0 aliphatic carbocycles. The van der Waals surface area contributed by atoms with Crippen LogP contribution in [0.25, 0.3) is 5.65 Å². The molecule has 0 bridgehead atoms. The van der Waals surface area contributed by atoms with Crippen molar-refractivity contribution < 1.29 is 14.3 Å². The molecule has 33 heavy (non-hydrogen) atoms. The maximum absolute atomic E-state index is 12.7. The van der Waals surface area contributed by atoms with E-state index in [4.69, 9.17) is 4.74 Å². The molecule has 0 saturated heterocycles. The number of nitrogens with one attached hydrogen (secondary N) is 2. The Labute approximate surface area is 195 Å². The minimum Gasteiger partial charge on any atom is -0.497 e. The zero-order valence-electron chi connectivity index (χ0n) is 18.5. The number of methoxy groups -OCH3 is 1. The number of benzene rings is 2. The third kappa shape index (κ3) is 5.32. The Balaban J connectivity index is 1.43. The highest BCUT2D eigenvalue weighted by atomic mass is 32.2. The normalized spacial score (nSPS) is 10.8. The van der Waals surface area contributed by atoms with Crippen LogP contribution in [-0.2, 0) is 4.79 Å². The van der Waals surface area contributed by atoms with E-state index in [0.29, 0.717) is 27.8 Å². The number of aryl methyl sites for hydroxylation is 2. The number of fused-ring (bicyclic) bond motifs is 1. The molecule has 4 aromatic rings. The summed E-state index contributed by atoms with van der Waals surface area (Å²) in [5.41, 5.74) is 4.73. The predicted molar refractivity (Wildman–Crippen MR) is 129 cm³/mol. The average molecular weight is 462 g/mol. The van der Waals surface area contributed by atoms with Gasteiger partial charge in [-0.3, -0.25) is 14.0 Å². The van der Waals surface area contributed by atoms with Gasteiger partial charge in [0.2, 0.25) is 5.91 Å². The van der Waals surface area contributed by atoms with Gasteiger partial charge < -0.3 is 15.4 Å². The van der Waals surface area contributed by atoms with Crippen LogP contribution in [0.15, 0.2) is 66.0 Å². The highest BCUT2D eigenvalue weighted by Crippen LogP contribution is 2.20. The van der Waals surface area contributed by atoms with Gasteiger partial charge in [0.1, 0.15) is 5.75 Å². The van der Waals surface area contributed by atoms with E-state index in [1.807, 2.05) is 32.0 Å². The minimum atomic E-state index is -0.265. The third-order valence-corrected chi connectivity index (χ3v) is 6.05. The van der Waals surface area contributed by atoms with Crippen molar-refractivity contribution >= 4 is 40.6 Å². The Morgan fingerprint density at radius 3 is 2.42 bits per heavy atom. The average Bonchev–Trinajstić information content (AvgIpc) is 3.23. The second-order valence-corrected chi connectivity index (χ2v) is 8.39. The number of rotatable bonds is 7. The number of pyridine rings is 1. The van der Waals surface area contributed by atoms with Crippen LogP contribution in [0.5, 0.6) is 5.75 Å². The van der Waals surface area contributed by atoms with E-state index in [-0.39, 0.29) is 17.6 Å². The Hall–Kier alpha value is -3.85. The highest BCUT2D eigenvalue weighted by molar-refractivity contribution is 7.99. The molecule has 4 rings (SSSR count). The maximum Gasteiger partial charge on any atom is 0.257 e. The van der Waals surface area contributed by atoms with Gasteiger partial charge in [0, 0.05) is 17.6 Å². The summed E-state index contributed by atoms with van der Waals surface area (Å²) >= 11 is 1.25. The fourth-order valence-electron chi connectivity index (χ4n) is 3.13. The van der Waals surface area contributed by atoms with Crippen LogP contribution in [0.3, 0.4) is 0 Å². The van der Waals surface area contributed by atoms with Crippen LogP contribution in [0.4, 0.5) is 11.4 Å². The topological polar surface area (TPSA) is 97.6 Å². The summed E-state index contributed by atoms with van der Waals surface area (Å²) in [6.45, 7) is 4.03. The lowest BCUT2D eigenvalue weighted by Gasteiger charge is -2.08. The summed E-state index contributed by atoms with van der Waals surface area (Å²) in [6.07, 6.45) is 1.66. The number of amides is 2. The molecule has 0 unspecified atom stereocenters. The van der Waals surface area contributed by atoms with E-state index in [2.05, 4.69) is 20.8 Å². The second-order valence-electron chi connectivity index (χ2n) is 7.45. The Bertz CT molecular complexity index is 1320. The summed E-state index contributed by atoms with van der Waals surface area (Å²) in [7, 11) is 1.59. The highest BCUT2D eigenvalue weighted by Gasteiger charge is 2.13. The summed E-state index contributed by atoms with van der Waals surface area (Å²) < 4.78 is 6.84. The van der Waals surface area contributed by atoms with Crippen molar-refractivity contribution in [1.82, 2.24) is 14.6 Å². The Kier molecular flexibility index (Phi) is 6.60. The van der Waals surface area contributed by atoms with Crippen LogP contribution in [0.1, 0.15) is 21.5 Å². The van der Waals surface area contributed by atoms with Gasteiger partial charge in [0.05, 0.1) is 18.4 Å². The number of aromatic nitrogens is 3. The van der Waals surface area contributed by atoms with E-state index in [1.54, 1.807) is 54.1 Å². The molecule has 8 nitrogen and oxygen atoms in total. The number of anilines is 2. The first-order chi connectivity index (χ1) is 15.9. The SMILES string of the molecule is COc1ccc(NC(=O)c2ccc3nnc(SCC(=O)Nc4ccc(C)c(C)c4)n3c2)cc1. The Morgan fingerprint density at radius 2 is 1.70 bits per heavy atom. The van der Waals surface area contributed by atoms with E-state index in [0.717, 1.165) is 11.3 Å².